The van der Waals surface area contributed by atoms with Gasteiger partial charge in [-0.15, -0.1) is 0 Å². The van der Waals surface area contributed by atoms with Gasteiger partial charge in [0.15, 0.2) is 11.9 Å². The fourth-order valence-electron chi connectivity index (χ4n) is 2.67. The number of hydrogen-bond acceptors (Lipinski definition) is 3. The Labute approximate surface area is 158 Å². The first-order valence-electron chi connectivity index (χ1n) is 8.77. The Morgan fingerprint density at radius 2 is 1.52 bits per heavy atom. The van der Waals surface area contributed by atoms with E-state index in [2.05, 4.69) is 5.32 Å². The lowest BCUT2D eigenvalue weighted by molar-refractivity contribution is -0.122. The minimum absolute atomic E-state index is 0.0487. The highest BCUT2D eigenvalue weighted by Gasteiger charge is 2.15. The van der Waals surface area contributed by atoms with E-state index in [0.717, 1.165) is 11.3 Å². The summed E-state index contributed by atoms with van der Waals surface area (Å²) in [5.41, 5.74) is 3.02. The normalized spacial score (nSPS) is 11.5. The molecule has 0 spiro atoms. The van der Waals surface area contributed by atoms with Gasteiger partial charge in [-0.2, -0.15) is 0 Å². The highest BCUT2D eigenvalue weighted by molar-refractivity contribution is 6.09. The van der Waals surface area contributed by atoms with Gasteiger partial charge in [0.2, 0.25) is 0 Å². The fraction of sp³-hybridized carbons (Fsp3) is 0.130. The molecular weight excluding hydrogens is 338 g/mol. The van der Waals surface area contributed by atoms with E-state index in [4.69, 9.17) is 4.74 Å². The van der Waals surface area contributed by atoms with Crippen LogP contribution in [0.4, 0.5) is 5.69 Å². The zero-order valence-corrected chi connectivity index (χ0v) is 15.3. The van der Waals surface area contributed by atoms with Crippen molar-refractivity contribution in [2.75, 3.05) is 5.32 Å². The number of nitrogens with one attached hydrogen (secondary N) is 1. The highest BCUT2D eigenvalue weighted by atomic mass is 16.5. The number of ketones is 1. The van der Waals surface area contributed by atoms with Gasteiger partial charge in [-0.1, -0.05) is 42.5 Å². The molecule has 4 nitrogen and oxygen atoms in total. The summed E-state index contributed by atoms with van der Waals surface area (Å²) in [7, 11) is 0. The molecule has 0 aliphatic carbocycles. The zero-order valence-electron chi connectivity index (χ0n) is 15.3. The van der Waals surface area contributed by atoms with Crippen LogP contribution in [-0.4, -0.2) is 17.8 Å². The van der Waals surface area contributed by atoms with Gasteiger partial charge in [0.25, 0.3) is 5.91 Å². The van der Waals surface area contributed by atoms with Gasteiger partial charge in [-0.05, 0) is 55.8 Å². The van der Waals surface area contributed by atoms with E-state index >= 15 is 0 Å². The molecule has 0 radical (unpaired) electrons. The number of amides is 1. The summed E-state index contributed by atoms with van der Waals surface area (Å²) in [6.45, 7) is 3.65. The molecule has 1 atom stereocenters. The summed E-state index contributed by atoms with van der Waals surface area (Å²) < 4.78 is 5.70. The third kappa shape index (κ3) is 4.82. The first kappa shape index (κ1) is 18.4. The Hall–Kier alpha value is -3.40. The van der Waals surface area contributed by atoms with E-state index in [1.165, 1.54) is 0 Å². The molecule has 4 heteroatoms. The van der Waals surface area contributed by atoms with E-state index in [1.54, 1.807) is 43.3 Å². The second-order valence-electron chi connectivity index (χ2n) is 6.34. The molecule has 3 rings (SSSR count). The van der Waals surface area contributed by atoms with Gasteiger partial charge in [0.05, 0.1) is 0 Å². The van der Waals surface area contributed by atoms with Crippen molar-refractivity contribution in [2.24, 2.45) is 0 Å². The molecule has 0 aliphatic rings. The number of carbonyl (C=O) groups is 2. The Bertz CT molecular complexity index is 933. The highest BCUT2D eigenvalue weighted by Crippen LogP contribution is 2.17. The van der Waals surface area contributed by atoms with Gasteiger partial charge in [0, 0.05) is 16.8 Å². The van der Waals surface area contributed by atoms with Crippen molar-refractivity contribution in [2.45, 2.75) is 20.0 Å². The third-order valence-electron chi connectivity index (χ3n) is 4.12. The summed E-state index contributed by atoms with van der Waals surface area (Å²) >= 11 is 0. The Morgan fingerprint density at radius 3 is 2.19 bits per heavy atom. The SMILES string of the molecule is Cc1cccc(NC(=O)C(C)Oc2ccc(C(=O)c3ccccc3)cc2)c1. The van der Waals surface area contributed by atoms with Gasteiger partial charge in [-0.3, -0.25) is 9.59 Å². The zero-order chi connectivity index (χ0) is 19.2. The quantitative estimate of drug-likeness (QED) is 0.653. The molecule has 0 aromatic heterocycles. The second kappa shape index (κ2) is 8.32. The average Bonchev–Trinajstić information content (AvgIpc) is 2.68. The van der Waals surface area contributed by atoms with Crippen LogP contribution in [0.25, 0.3) is 0 Å². The van der Waals surface area contributed by atoms with Gasteiger partial charge in [-0.25, -0.2) is 0 Å². The monoisotopic (exact) mass is 359 g/mol. The Morgan fingerprint density at radius 1 is 0.852 bits per heavy atom. The van der Waals surface area contributed by atoms with Crippen LogP contribution in [0.3, 0.4) is 0 Å². The lowest BCUT2D eigenvalue weighted by Gasteiger charge is -2.15. The summed E-state index contributed by atoms with van der Waals surface area (Å²) in [4.78, 5) is 24.7. The first-order valence-corrected chi connectivity index (χ1v) is 8.77. The van der Waals surface area contributed by atoms with Crippen LogP contribution in [0.1, 0.15) is 28.4 Å². The summed E-state index contributed by atoms with van der Waals surface area (Å²) in [6.07, 6.45) is -0.666. The Balaban J connectivity index is 1.62. The first-order chi connectivity index (χ1) is 13.0. The van der Waals surface area contributed by atoms with E-state index in [1.807, 2.05) is 49.4 Å². The molecule has 3 aromatic carbocycles. The standard InChI is InChI=1S/C23H21NO3/c1-16-7-6-10-20(15-16)24-23(26)17(2)27-21-13-11-19(12-14-21)22(25)18-8-4-3-5-9-18/h3-15,17H,1-2H3,(H,24,26). The number of rotatable bonds is 6. The number of anilines is 1. The van der Waals surface area contributed by atoms with Crippen molar-refractivity contribution in [3.8, 4) is 5.75 Å². The molecule has 0 aliphatic heterocycles. The summed E-state index contributed by atoms with van der Waals surface area (Å²) in [5.74, 6) is 0.254. The summed E-state index contributed by atoms with van der Waals surface area (Å²) in [6, 6.07) is 23.5. The van der Waals surface area contributed by atoms with Crippen LogP contribution in [0.15, 0.2) is 78.9 Å². The fourth-order valence-corrected chi connectivity index (χ4v) is 2.67. The van der Waals surface area contributed by atoms with Crippen molar-refractivity contribution in [3.63, 3.8) is 0 Å². The lowest BCUT2D eigenvalue weighted by Crippen LogP contribution is -2.30. The van der Waals surface area contributed by atoms with E-state index in [-0.39, 0.29) is 11.7 Å². The lowest BCUT2D eigenvalue weighted by atomic mass is 10.0. The minimum Gasteiger partial charge on any atom is -0.481 e. The van der Waals surface area contributed by atoms with Gasteiger partial charge < -0.3 is 10.1 Å². The van der Waals surface area contributed by atoms with E-state index in [0.29, 0.717) is 16.9 Å². The van der Waals surface area contributed by atoms with Crippen molar-refractivity contribution < 1.29 is 14.3 Å². The molecule has 3 aromatic rings. The van der Waals surface area contributed by atoms with Crippen LogP contribution in [-0.2, 0) is 4.79 Å². The maximum absolute atomic E-state index is 12.4. The minimum atomic E-state index is -0.666. The largest absolute Gasteiger partial charge is 0.481 e. The number of benzene rings is 3. The van der Waals surface area contributed by atoms with Crippen LogP contribution in [0.5, 0.6) is 5.75 Å². The molecule has 27 heavy (non-hydrogen) atoms. The molecule has 0 fully saturated rings. The topological polar surface area (TPSA) is 55.4 Å². The molecule has 1 unspecified atom stereocenters. The van der Waals surface area contributed by atoms with Crippen molar-refractivity contribution >= 4 is 17.4 Å². The molecule has 1 N–H and O–H groups in total. The maximum atomic E-state index is 12.4. The van der Waals surface area contributed by atoms with Crippen molar-refractivity contribution in [1.29, 1.82) is 0 Å². The molecule has 136 valence electrons. The molecule has 0 saturated heterocycles. The van der Waals surface area contributed by atoms with Crippen molar-refractivity contribution in [3.05, 3.63) is 95.6 Å². The number of aryl methyl sites for hydroxylation is 1. The van der Waals surface area contributed by atoms with Gasteiger partial charge in [0.1, 0.15) is 5.75 Å². The number of ether oxygens (including phenoxy) is 1. The van der Waals surface area contributed by atoms with E-state index < -0.39 is 6.10 Å². The smallest absolute Gasteiger partial charge is 0.265 e. The third-order valence-corrected chi connectivity index (χ3v) is 4.12. The van der Waals surface area contributed by atoms with Crippen LogP contribution >= 0.6 is 0 Å². The van der Waals surface area contributed by atoms with Crippen molar-refractivity contribution in [1.82, 2.24) is 0 Å². The molecule has 0 saturated carbocycles. The average molecular weight is 359 g/mol. The summed E-state index contributed by atoms with van der Waals surface area (Å²) in [5, 5.41) is 2.84. The molecular formula is C23H21NO3. The second-order valence-corrected chi connectivity index (χ2v) is 6.34. The number of hydrogen-bond donors (Lipinski definition) is 1. The predicted molar refractivity (Wildman–Crippen MR) is 106 cm³/mol. The van der Waals surface area contributed by atoms with E-state index in [9.17, 15) is 9.59 Å². The molecule has 1 amide bonds. The van der Waals surface area contributed by atoms with Gasteiger partial charge >= 0.3 is 0 Å². The van der Waals surface area contributed by atoms with Crippen LogP contribution in [0, 0.1) is 6.92 Å². The Kier molecular flexibility index (Phi) is 5.67. The predicted octanol–water partition coefficient (Wildman–Crippen LogP) is 4.63. The van der Waals surface area contributed by atoms with Crippen LogP contribution in [0.2, 0.25) is 0 Å². The van der Waals surface area contributed by atoms with Crippen LogP contribution < -0.4 is 10.1 Å². The molecule has 0 heterocycles. The molecule has 0 bridgehead atoms. The number of carbonyl (C=O) groups excluding carboxylic acids is 2. The maximum Gasteiger partial charge on any atom is 0.265 e.